The standard InChI is InChI=1S/C7H3Cl2F3O/c8-5-3(10)1-2-4(6(5)9)13-7(11)12/h1-2,7H. The van der Waals surface area contributed by atoms with Crippen molar-refractivity contribution in [3.63, 3.8) is 0 Å². The quantitative estimate of drug-likeness (QED) is 0.704. The molecule has 0 amide bonds. The van der Waals surface area contributed by atoms with Crippen LogP contribution in [-0.2, 0) is 0 Å². The lowest BCUT2D eigenvalue weighted by molar-refractivity contribution is -0.0498. The van der Waals surface area contributed by atoms with E-state index in [0.29, 0.717) is 0 Å². The summed E-state index contributed by atoms with van der Waals surface area (Å²) in [5.74, 6) is -1.13. The number of benzene rings is 1. The molecule has 1 aromatic rings. The van der Waals surface area contributed by atoms with Gasteiger partial charge in [-0.2, -0.15) is 8.78 Å². The summed E-state index contributed by atoms with van der Waals surface area (Å²) in [6, 6.07) is 1.88. The molecule has 0 aliphatic carbocycles. The van der Waals surface area contributed by atoms with Crippen LogP contribution in [0.5, 0.6) is 5.75 Å². The van der Waals surface area contributed by atoms with Crippen LogP contribution in [0.2, 0.25) is 10.0 Å². The van der Waals surface area contributed by atoms with E-state index in [1.807, 2.05) is 0 Å². The average Bonchev–Trinajstić information content (AvgIpc) is 2.06. The third-order valence-corrected chi connectivity index (χ3v) is 2.06. The molecule has 0 aliphatic rings. The van der Waals surface area contributed by atoms with E-state index in [4.69, 9.17) is 23.2 Å². The SMILES string of the molecule is Fc1ccc(OC(F)F)c(Cl)c1Cl. The van der Waals surface area contributed by atoms with Gasteiger partial charge >= 0.3 is 6.61 Å². The highest BCUT2D eigenvalue weighted by Gasteiger charge is 2.13. The first-order chi connectivity index (χ1) is 6.02. The predicted octanol–water partition coefficient (Wildman–Crippen LogP) is 3.73. The summed E-state index contributed by atoms with van der Waals surface area (Å²) >= 11 is 10.7. The van der Waals surface area contributed by atoms with Gasteiger partial charge in [0.1, 0.15) is 16.6 Å². The largest absolute Gasteiger partial charge is 0.433 e. The third-order valence-electron chi connectivity index (χ3n) is 1.22. The second-order valence-corrected chi connectivity index (χ2v) is 2.81. The van der Waals surface area contributed by atoms with Crippen LogP contribution in [0.4, 0.5) is 13.2 Å². The molecule has 1 aromatic carbocycles. The Hall–Kier alpha value is -0.610. The van der Waals surface area contributed by atoms with E-state index < -0.39 is 17.5 Å². The lowest BCUT2D eigenvalue weighted by Gasteiger charge is -2.07. The summed E-state index contributed by atoms with van der Waals surface area (Å²) in [7, 11) is 0. The molecule has 0 heterocycles. The summed E-state index contributed by atoms with van der Waals surface area (Å²) in [6.45, 7) is -3.01. The number of halogens is 5. The van der Waals surface area contributed by atoms with E-state index in [9.17, 15) is 13.2 Å². The van der Waals surface area contributed by atoms with Crippen LogP contribution in [-0.4, -0.2) is 6.61 Å². The van der Waals surface area contributed by atoms with Crippen molar-refractivity contribution >= 4 is 23.2 Å². The minimum absolute atomic E-state index is 0.344. The third kappa shape index (κ3) is 2.42. The molecule has 0 saturated heterocycles. The van der Waals surface area contributed by atoms with Gasteiger partial charge in [0.15, 0.2) is 0 Å². The monoisotopic (exact) mass is 230 g/mol. The number of hydrogen-bond donors (Lipinski definition) is 0. The van der Waals surface area contributed by atoms with Crippen LogP contribution >= 0.6 is 23.2 Å². The fourth-order valence-corrected chi connectivity index (χ4v) is 1.05. The normalized spacial score (nSPS) is 10.6. The van der Waals surface area contributed by atoms with Crippen LogP contribution < -0.4 is 4.74 Å². The molecule has 1 rings (SSSR count). The summed E-state index contributed by atoms with van der Waals surface area (Å²) in [5, 5.41) is -0.790. The van der Waals surface area contributed by atoms with E-state index in [0.717, 1.165) is 12.1 Å². The first-order valence-corrected chi connectivity index (χ1v) is 3.86. The number of hydrogen-bond acceptors (Lipinski definition) is 1. The van der Waals surface area contributed by atoms with E-state index in [1.54, 1.807) is 0 Å². The smallest absolute Gasteiger partial charge is 0.387 e. The highest BCUT2D eigenvalue weighted by Crippen LogP contribution is 2.34. The van der Waals surface area contributed by atoms with E-state index >= 15 is 0 Å². The molecular weight excluding hydrogens is 228 g/mol. The highest BCUT2D eigenvalue weighted by molar-refractivity contribution is 6.43. The van der Waals surface area contributed by atoms with E-state index in [1.165, 1.54) is 0 Å². The topological polar surface area (TPSA) is 9.23 Å². The Labute approximate surface area is 82.0 Å². The van der Waals surface area contributed by atoms with Gasteiger partial charge < -0.3 is 4.74 Å². The molecule has 13 heavy (non-hydrogen) atoms. The molecule has 0 saturated carbocycles. The van der Waals surface area contributed by atoms with Gasteiger partial charge in [-0.25, -0.2) is 4.39 Å². The molecule has 0 aliphatic heterocycles. The van der Waals surface area contributed by atoms with E-state index in [-0.39, 0.29) is 10.8 Å². The minimum Gasteiger partial charge on any atom is -0.433 e. The average molecular weight is 231 g/mol. The van der Waals surface area contributed by atoms with Crippen molar-refractivity contribution < 1.29 is 17.9 Å². The minimum atomic E-state index is -3.01. The highest BCUT2D eigenvalue weighted by atomic mass is 35.5. The Bertz CT molecular complexity index is 317. The summed E-state index contributed by atoms with van der Waals surface area (Å²) in [6.07, 6.45) is 0. The van der Waals surface area contributed by atoms with Crippen LogP contribution in [0.1, 0.15) is 0 Å². The maximum absolute atomic E-state index is 12.6. The number of alkyl halides is 2. The maximum atomic E-state index is 12.6. The van der Waals surface area contributed by atoms with Crippen molar-refractivity contribution in [2.45, 2.75) is 6.61 Å². The molecule has 1 nitrogen and oxygen atoms in total. The van der Waals surface area contributed by atoms with Gasteiger partial charge in [0.05, 0.1) is 5.02 Å². The second-order valence-electron chi connectivity index (χ2n) is 2.05. The predicted molar refractivity (Wildman–Crippen MR) is 43.1 cm³/mol. The fourth-order valence-electron chi connectivity index (χ4n) is 0.695. The molecule has 0 spiro atoms. The van der Waals surface area contributed by atoms with Gasteiger partial charge in [0.2, 0.25) is 0 Å². The van der Waals surface area contributed by atoms with Crippen LogP contribution in [0.3, 0.4) is 0 Å². The molecule has 0 N–H and O–H groups in total. The summed E-state index contributed by atoms with van der Waals surface area (Å²) in [5.41, 5.74) is 0. The van der Waals surface area contributed by atoms with Crippen molar-refractivity contribution in [3.8, 4) is 5.75 Å². The molecular formula is C7H3Cl2F3O. The Morgan fingerprint density at radius 1 is 1.15 bits per heavy atom. The Balaban J connectivity index is 3.04. The van der Waals surface area contributed by atoms with Crippen LogP contribution in [0, 0.1) is 5.82 Å². The lowest BCUT2D eigenvalue weighted by Crippen LogP contribution is -2.02. The zero-order valence-electron chi connectivity index (χ0n) is 6.03. The zero-order chi connectivity index (χ0) is 10.0. The van der Waals surface area contributed by atoms with Crippen molar-refractivity contribution in [3.05, 3.63) is 28.0 Å². The van der Waals surface area contributed by atoms with Gasteiger partial charge in [-0.15, -0.1) is 0 Å². The first kappa shape index (κ1) is 10.5. The molecule has 0 bridgehead atoms. The van der Waals surface area contributed by atoms with Crippen molar-refractivity contribution in [1.82, 2.24) is 0 Å². The van der Waals surface area contributed by atoms with Crippen LogP contribution in [0.15, 0.2) is 12.1 Å². The molecule has 0 radical (unpaired) electrons. The fraction of sp³-hybridized carbons (Fsp3) is 0.143. The molecule has 0 aromatic heterocycles. The lowest BCUT2D eigenvalue weighted by atomic mass is 10.3. The molecule has 0 atom stereocenters. The van der Waals surface area contributed by atoms with Crippen molar-refractivity contribution in [1.29, 1.82) is 0 Å². The van der Waals surface area contributed by atoms with E-state index in [2.05, 4.69) is 4.74 Å². The Kier molecular flexibility index (Phi) is 3.27. The number of rotatable bonds is 2. The van der Waals surface area contributed by atoms with Gasteiger partial charge in [0, 0.05) is 0 Å². The van der Waals surface area contributed by atoms with Gasteiger partial charge in [-0.05, 0) is 12.1 Å². The molecule has 72 valence electrons. The summed E-state index contributed by atoms with van der Waals surface area (Å²) < 4.78 is 40.0. The van der Waals surface area contributed by atoms with Crippen LogP contribution in [0.25, 0.3) is 0 Å². The first-order valence-electron chi connectivity index (χ1n) is 3.10. The summed E-state index contributed by atoms with van der Waals surface area (Å²) in [4.78, 5) is 0. The molecule has 0 fully saturated rings. The van der Waals surface area contributed by atoms with Crippen molar-refractivity contribution in [2.75, 3.05) is 0 Å². The molecule has 0 unspecified atom stereocenters. The van der Waals surface area contributed by atoms with Gasteiger partial charge in [0.25, 0.3) is 0 Å². The Morgan fingerprint density at radius 3 is 2.31 bits per heavy atom. The molecule has 6 heteroatoms. The van der Waals surface area contributed by atoms with Gasteiger partial charge in [-0.1, -0.05) is 23.2 Å². The Morgan fingerprint density at radius 2 is 1.77 bits per heavy atom. The zero-order valence-corrected chi connectivity index (χ0v) is 7.54. The second kappa shape index (κ2) is 4.07. The van der Waals surface area contributed by atoms with Gasteiger partial charge in [-0.3, -0.25) is 0 Å². The van der Waals surface area contributed by atoms with Crippen molar-refractivity contribution in [2.24, 2.45) is 0 Å². The number of ether oxygens (including phenoxy) is 1. The maximum Gasteiger partial charge on any atom is 0.387 e.